The maximum atomic E-state index is 13.6. The van der Waals surface area contributed by atoms with Crippen molar-refractivity contribution in [2.24, 2.45) is 5.73 Å². The lowest BCUT2D eigenvalue weighted by Gasteiger charge is -2.33. The van der Waals surface area contributed by atoms with Crippen LogP contribution >= 0.6 is 12.4 Å². The number of likely N-dealkylation sites (tertiary alicyclic amines) is 1. The zero-order chi connectivity index (χ0) is 29.1. The molecule has 226 valence electrons. The van der Waals surface area contributed by atoms with Crippen LogP contribution in [0.15, 0.2) is 42.5 Å². The molecular formula is C30H43ClN4O6. The molecule has 2 atom stereocenters. The van der Waals surface area contributed by atoms with Gasteiger partial charge in [-0.15, -0.1) is 12.4 Å². The predicted molar refractivity (Wildman–Crippen MR) is 160 cm³/mol. The molecule has 0 spiro atoms. The van der Waals surface area contributed by atoms with Crippen LogP contribution in [0.4, 0.5) is 0 Å². The van der Waals surface area contributed by atoms with E-state index in [9.17, 15) is 19.5 Å². The molecule has 41 heavy (non-hydrogen) atoms. The Balaban J connectivity index is 0.00000588. The van der Waals surface area contributed by atoms with E-state index in [0.717, 1.165) is 17.5 Å². The number of rotatable bonds is 14. The summed E-state index contributed by atoms with van der Waals surface area (Å²) in [6, 6.07) is 11.7. The minimum absolute atomic E-state index is 0. The van der Waals surface area contributed by atoms with Gasteiger partial charge in [0.1, 0.15) is 17.3 Å². The molecule has 1 heterocycles. The summed E-state index contributed by atoms with van der Waals surface area (Å²) in [5, 5.41) is 15.3. The van der Waals surface area contributed by atoms with Gasteiger partial charge in [0.05, 0.1) is 14.2 Å². The number of halogens is 1. The molecule has 1 unspecified atom stereocenters. The number of nitrogens with zero attached hydrogens (tertiary/aromatic N) is 1. The molecule has 5 N–H and O–H groups in total. The summed E-state index contributed by atoms with van der Waals surface area (Å²) in [7, 11) is 3.09. The van der Waals surface area contributed by atoms with Gasteiger partial charge in [0.15, 0.2) is 11.5 Å². The molecule has 1 fully saturated rings. The van der Waals surface area contributed by atoms with Gasteiger partial charge >= 0.3 is 0 Å². The highest BCUT2D eigenvalue weighted by atomic mass is 35.5. The van der Waals surface area contributed by atoms with Crippen molar-refractivity contribution < 1.29 is 29.0 Å². The molecule has 1 saturated heterocycles. The van der Waals surface area contributed by atoms with Gasteiger partial charge in [0.25, 0.3) is 0 Å². The van der Waals surface area contributed by atoms with E-state index in [-0.39, 0.29) is 42.3 Å². The van der Waals surface area contributed by atoms with Gasteiger partial charge in [-0.3, -0.25) is 14.4 Å². The smallest absolute Gasteiger partial charge is 0.245 e. The maximum Gasteiger partial charge on any atom is 0.245 e. The van der Waals surface area contributed by atoms with E-state index in [1.807, 2.05) is 18.2 Å². The highest BCUT2D eigenvalue weighted by Crippen LogP contribution is 2.29. The second kappa shape index (κ2) is 16.1. The summed E-state index contributed by atoms with van der Waals surface area (Å²) in [6.07, 6.45) is 3.72. The van der Waals surface area contributed by atoms with Crippen molar-refractivity contribution in [3.63, 3.8) is 0 Å². The van der Waals surface area contributed by atoms with E-state index >= 15 is 0 Å². The monoisotopic (exact) mass is 590 g/mol. The second-order valence-electron chi connectivity index (χ2n) is 10.4. The maximum absolute atomic E-state index is 13.6. The Morgan fingerprint density at radius 1 is 1.05 bits per heavy atom. The van der Waals surface area contributed by atoms with Crippen LogP contribution < -0.4 is 25.8 Å². The Labute approximate surface area is 248 Å². The number of benzene rings is 2. The Morgan fingerprint density at radius 3 is 2.39 bits per heavy atom. The summed E-state index contributed by atoms with van der Waals surface area (Å²) in [5.74, 6) is 0.546. The number of aromatic hydroxyl groups is 1. The third-order valence-electron chi connectivity index (χ3n) is 7.24. The molecule has 0 bridgehead atoms. The third-order valence-corrected chi connectivity index (χ3v) is 7.24. The van der Waals surface area contributed by atoms with E-state index < -0.39 is 11.6 Å². The largest absolute Gasteiger partial charge is 0.508 e. The van der Waals surface area contributed by atoms with Crippen LogP contribution in [0.1, 0.15) is 50.2 Å². The molecular weight excluding hydrogens is 548 g/mol. The van der Waals surface area contributed by atoms with Crippen molar-refractivity contribution in [2.45, 2.75) is 63.5 Å². The first-order valence-electron chi connectivity index (χ1n) is 13.8. The van der Waals surface area contributed by atoms with Crippen LogP contribution in [-0.4, -0.2) is 73.2 Å². The van der Waals surface area contributed by atoms with Gasteiger partial charge in [-0.1, -0.05) is 18.2 Å². The average Bonchev–Trinajstić information content (AvgIpc) is 3.44. The number of carbonyl (C=O) groups is 3. The van der Waals surface area contributed by atoms with Crippen LogP contribution in [0, 0.1) is 0 Å². The fraction of sp³-hybridized carbons (Fsp3) is 0.500. The lowest BCUT2D eigenvalue weighted by Crippen LogP contribution is -2.61. The number of methoxy groups -OCH3 is 2. The molecule has 0 radical (unpaired) electrons. The Bertz CT molecular complexity index is 1160. The summed E-state index contributed by atoms with van der Waals surface area (Å²) in [5.41, 5.74) is 6.13. The van der Waals surface area contributed by atoms with Crippen LogP contribution in [-0.2, 0) is 27.2 Å². The summed E-state index contributed by atoms with van der Waals surface area (Å²) in [6.45, 7) is 3.02. The van der Waals surface area contributed by atoms with Crippen molar-refractivity contribution in [1.29, 1.82) is 0 Å². The quantitative estimate of drug-likeness (QED) is 0.248. The number of nitrogens with two attached hydrogens (primary N) is 1. The number of amides is 3. The first kappa shape index (κ1) is 33.7. The lowest BCUT2D eigenvalue weighted by molar-refractivity contribution is -0.141. The minimum atomic E-state index is -1.28. The number of phenols is 1. The molecule has 3 rings (SSSR count). The van der Waals surface area contributed by atoms with Crippen molar-refractivity contribution in [2.75, 3.05) is 33.9 Å². The van der Waals surface area contributed by atoms with Crippen LogP contribution in [0.5, 0.6) is 17.2 Å². The molecule has 0 saturated carbocycles. The van der Waals surface area contributed by atoms with Gasteiger partial charge in [-0.25, -0.2) is 0 Å². The Hall–Kier alpha value is -3.50. The summed E-state index contributed by atoms with van der Waals surface area (Å²) >= 11 is 0. The van der Waals surface area contributed by atoms with Crippen molar-refractivity contribution in [1.82, 2.24) is 15.5 Å². The topological polar surface area (TPSA) is 143 Å². The summed E-state index contributed by atoms with van der Waals surface area (Å²) < 4.78 is 10.7. The highest BCUT2D eigenvalue weighted by molar-refractivity contribution is 5.94. The van der Waals surface area contributed by atoms with Crippen molar-refractivity contribution in [3.8, 4) is 17.2 Å². The Kier molecular flexibility index (Phi) is 13.2. The van der Waals surface area contributed by atoms with Gasteiger partial charge in [0.2, 0.25) is 17.7 Å². The number of nitrogens with one attached hydrogen (secondary N) is 2. The summed E-state index contributed by atoms with van der Waals surface area (Å²) in [4.78, 5) is 41.7. The van der Waals surface area contributed by atoms with E-state index in [1.54, 1.807) is 50.3 Å². The minimum Gasteiger partial charge on any atom is -0.508 e. The molecule has 3 amide bonds. The van der Waals surface area contributed by atoms with Crippen LogP contribution in [0.3, 0.4) is 0 Å². The number of ether oxygens (including phenoxy) is 2. The van der Waals surface area contributed by atoms with E-state index in [0.29, 0.717) is 63.2 Å². The molecule has 2 aromatic rings. The second-order valence-corrected chi connectivity index (χ2v) is 10.4. The van der Waals surface area contributed by atoms with Crippen LogP contribution in [0.2, 0.25) is 0 Å². The Morgan fingerprint density at radius 2 is 1.73 bits per heavy atom. The SMILES string of the molecule is COc1ccc(CC(C)(NC(=O)[C@@H]2CCCN2C(=O)CCCc2ccc(O)cc2)C(=O)NCCCN)cc1OC.Cl. The predicted octanol–water partition coefficient (Wildman–Crippen LogP) is 2.73. The fourth-order valence-corrected chi connectivity index (χ4v) is 5.02. The number of phenolic OH excluding ortho intramolecular Hbond substituents is 1. The number of hydrogen-bond donors (Lipinski definition) is 4. The number of carbonyl (C=O) groups excluding carboxylic acids is 3. The number of hydrogen-bond acceptors (Lipinski definition) is 7. The molecule has 11 heteroatoms. The van der Waals surface area contributed by atoms with Crippen molar-refractivity contribution >= 4 is 30.1 Å². The third kappa shape index (κ3) is 9.26. The van der Waals surface area contributed by atoms with E-state index in [4.69, 9.17) is 15.2 Å². The normalized spacial score (nSPS) is 15.8. The number of aryl methyl sites for hydroxylation is 1. The van der Waals surface area contributed by atoms with Gasteiger partial charge < -0.3 is 35.8 Å². The molecule has 0 aliphatic carbocycles. The molecule has 10 nitrogen and oxygen atoms in total. The molecule has 0 aromatic heterocycles. The molecule has 1 aliphatic rings. The zero-order valence-corrected chi connectivity index (χ0v) is 24.9. The first-order chi connectivity index (χ1) is 19.2. The van der Waals surface area contributed by atoms with Crippen molar-refractivity contribution in [3.05, 3.63) is 53.6 Å². The average molecular weight is 591 g/mol. The molecule has 1 aliphatic heterocycles. The molecule has 2 aromatic carbocycles. The highest BCUT2D eigenvalue weighted by Gasteiger charge is 2.40. The van der Waals surface area contributed by atoms with Gasteiger partial charge in [0, 0.05) is 25.9 Å². The van der Waals surface area contributed by atoms with E-state index in [2.05, 4.69) is 10.6 Å². The lowest BCUT2D eigenvalue weighted by atomic mass is 9.90. The van der Waals surface area contributed by atoms with Gasteiger partial charge in [-0.2, -0.15) is 0 Å². The first-order valence-corrected chi connectivity index (χ1v) is 13.8. The standard InChI is InChI=1S/C30H42N4O6.ClH/c1-30(29(38)32-17-6-16-31,20-22-12-15-25(39-2)26(19-22)40-3)33-28(37)24-8-5-18-34(24)27(36)9-4-7-21-10-13-23(35)14-11-21;/h10-15,19,24,35H,4-9,16-18,20,31H2,1-3H3,(H,32,38)(H,33,37);1H/t24-,30?;/m0./s1. The fourth-order valence-electron chi connectivity index (χ4n) is 5.02. The van der Waals surface area contributed by atoms with Crippen LogP contribution in [0.25, 0.3) is 0 Å². The van der Waals surface area contributed by atoms with E-state index in [1.165, 1.54) is 0 Å². The zero-order valence-electron chi connectivity index (χ0n) is 24.1. The van der Waals surface area contributed by atoms with Gasteiger partial charge in [-0.05, 0) is 81.0 Å².